The third-order valence-corrected chi connectivity index (χ3v) is 4.08. The fourth-order valence-electron chi connectivity index (χ4n) is 1.95. The second kappa shape index (κ2) is 7.82. The molecule has 1 amide bonds. The van der Waals surface area contributed by atoms with Crippen LogP contribution in [-0.2, 0) is 11.2 Å². The Balaban J connectivity index is 2.22. The summed E-state index contributed by atoms with van der Waals surface area (Å²) < 4.78 is 0. The Labute approximate surface area is 145 Å². The predicted molar refractivity (Wildman–Crippen MR) is 94.5 cm³/mol. The molecular formula is C18H14Cl2N2O. The van der Waals surface area contributed by atoms with Crippen molar-refractivity contribution in [1.29, 1.82) is 5.26 Å². The first-order valence-corrected chi connectivity index (χ1v) is 7.77. The summed E-state index contributed by atoms with van der Waals surface area (Å²) in [7, 11) is 0. The molecule has 0 atom stereocenters. The number of amides is 1. The Morgan fingerprint density at radius 3 is 2.52 bits per heavy atom. The van der Waals surface area contributed by atoms with Gasteiger partial charge in [0, 0.05) is 0 Å². The van der Waals surface area contributed by atoms with Crippen LogP contribution in [0.4, 0.5) is 5.69 Å². The minimum absolute atomic E-state index is 0.00899. The average molecular weight is 345 g/mol. The first-order valence-electron chi connectivity index (χ1n) is 7.01. The van der Waals surface area contributed by atoms with Gasteiger partial charge in [-0.3, -0.25) is 4.79 Å². The molecule has 0 radical (unpaired) electrons. The molecule has 0 aromatic heterocycles. The molecule has 0 saturated heterocycles. The van der Waals surface area contributed by atoms with Gasteiger partial charge in [-0.2, -0.15) is 5.26 Å². The number of rotatable bonds is 4. The second-order valence-corrected chi connectivity index (χ2v) is 5.61. The molecule has 2 aromatic carbocycles. The Kier molecular flexibility index (Phi) is 5.81. The van der Waals surface area contributed by atoms with Crippen LogP contribution in [0.5, 0.6) is 0 Å². The third-order valence-electron chi connectivity index (χ3n) is 3.26. The van der Waals surface area contributed by atoms with Crippen molar-refractivity contribution >= 4 is 40.9 Å². The number of hydrogen-bond donors (Lipinski definition) is 1. The van der Waals surface area contributed by atoms with Gasteiger partial charge in [-0.25, -0.2) is 0 Å². The van der Waals surface area contributed by atoms with Crippen molar-refractivity contribution in [3.8, 4) is 6.07 Å². The van der Waals surface area contributed by atoms with Gasteiger partial charge < -0.3 is 5.32 Å². The number of benzene rings is 2. The van der Waals surface area contributed by atoms with E-state index in [-0.39, 0.29) is 10.6 Å². The number of aryl methyl sites for hydroxylation is 1. The number of nitriles is 1. The standard InChI is InChI=1S/C18H14Cl2N2O/c1-2-12-6-8-13(9-7-12)10-14(11-21)18(23)22-16-5-3-4-15(19)17(16)20/h3-10H,2H2,1H3,(H,22,23)/b14-10+. The van der Waals surface area contributed by atoms with Gasteiger partial charge in [0.1, 0.15) is 11.6 Å². The Bertz CT molecular complexity index is 790. The van der Waals surface area contributed by atoms with E-state index in [2.05, 4.69) is 12.2 Å². The van der Waals surface area contributed by atoms with Crippen LogP contribution < -0.4 is 5.32 Å². The average Bonchev–Trinajstić information content (AvgIpc) is 2.57. The molecule has 0 aliphatic carbocycles. The molecule has 0 spiro atoms. The van der Waals surface area contributed by atoms with Crippen LogP contribution >= 0.6 is 23.2 Å². The topological polar surface area (TPSA) is 52.9 Å². The van der Waals surface area contributed by atoms with E-state index in [1.54, 1.807) is 18.2 Å². The summed E-state index contributed by atoms with van der Waals surface area (Å²) in [5.41, 5.74) is 2.33. The molecular weight excluding hydrogens is 331 g/mol. The van der Waals surface area contributed by atoms with Gasteiger partial charge in [0.25, 0.3) is 5.91 Å². The van der Waals surface area contributed by atoms with E-state index in [1.807, 2.05) is 30.3 Å². The molecule has 2 rings (SSSR count). The van der Waals surface area contributed by atoms with Gasteiger partial charge in [0.05, 0.1) is 15.7 Å². The number of halogens is 2. The zero-order chi connectivity index (χ0) is 16.8. The highest BCUT2D eigenvalue weighted by Crippen LogP contribution is 2.29. The van der Waals surface area contributed by atoms with Gasteiger partial charge in [-0.05, 0) is 35.8 Å². The summed E-state index contributed by atoms with van der Waals surface area (Å²) in [5.74, 6) is -0.531. The predicted octanol–water partition coefficient (Wildman–Crippen LogP) is 5.10. The Hall–Kier alpha value is -2.28. The van der Waals surface area contributed by atoms with Crippen molar-refractivity contribution in [3.63, 3.8) is 0 Å². The normalized spacial score (nSPS) is 11.0. The molecule has 0 saturated carbocycles. The van der Waals surface area contributed by atoms with E-state index in [4.69, 9.17) is 23.2 Å². The van der Waals surface area contributed by atoms with Gasteiger partial charge in [-0.1, -0.05) is 60.5 Å². The minimum Gasteiger partial charge on any atom is -0.320 e. The number of nitrogens with one attached hydrogen (secondary N) is 1. The van der Waals surface area contributed by atoms with Crippen molar-refractivity contribution in [2.75, 3.05) is 5.32 Å². The quantitative estimate of drug-likeness (QED) is 0.619. The van der Waals surface area contributed by atoms with Crippen LogP contribution in [0.3, 0.4) is 0 Å². The number of carbonyl (C=O) groups excluding carboxylic acids is 1. The first-order chi connectivity index (χ1) is 11.0. The fourth-order valence-corrected chi connectivity index (χ4v) is 2.30. The number of nitrogens with zero attached hydrogens (tertiary/aromatic N) is 1. The van der Waals surface area contributed by atoms with Gasteiger partial charge in [0.15, 0.2) is 0 Å². The molecule has 1 N–H and O–H groups in total. The van der Waals surface area contributed by atoms with Crippen molar-refractivity contribution in [3.05, 3.63) is 69.2 Å². The maximum absolute atomic E-state index is 12.2. The summed E-state index contributed by atoms with van der Waals surface area (Å²) in [6.45, 7) is 2.06. The van der Waals surface area contributed by atoms with Crippen molar-refractivity contribution in [2.45, 2.75) is 13.3 Å². The summed E-state index contributed by atoms with van der Waals surface area (Å²) in [6.07, 6.45) is 2.47. The zero-order valence-electron chi connectivity index (χ0n) is 12.4. The van der Waals surface area contributed by atoms with Gasteiger partial charge >= 0.3 is 0 Å². The van der Waals surface area contributed by atoms with Crippen LogP contribution in [0.25, 0.3) is 6.08 Å². The summed E-state index contributed by atoms with van der Waals surface area (Å²) in [4.78, 5) is 12.2. The highest BCUT2D eigenvalue weighted by molar-refractivity contribution is 6.44. The third kappa shape index (κ3) is 4.35. The van der Waals surface area contributed by atoms with Crippen LogP contribution in [0.1, 0.15) is 18.1 Å². The molecule has 116 valence electrons. The number of anilines is 1. The molecule has 2 aromatic rings. The zero-order valence-corrected chi connectivity index (χ0v) is 13.9. The molecule has 5 heteroatoms. The van der Waals surface area contributed by atoms with E-state index in [0.717, 1.165) is 12.0 Å². The van der Waals surface area contributed by atoms with E-state index < -0.39 is 5.91 Å². The van der Waals surface area contributed by atoms with E-state index >= 15 is 0 Å². The number of hydrogen-bond acceptors (Lipinski definition) is 2. The van der Waals surface area contributed by atoms with Crippen LogP contribution in [0.2, 0.25) is 10.0 Å². The van der Waals surface area contributed by atoms with Gasteiger partial charge in [0.2, 0.25) is 0 Å². The smallest absolute Gasteiger partial charge is 0.266 e. The Morgan fingerprint density at radius 2 is 1.91 bits per heavy atom. The molecule has 0 aliphatic rings. The molecule has 0 heterocycles. The molecule has 0 fully saturated rings. The highest BCUT2D eigenvalue weighted by atomic mass is 35.5. The summed E-state index contributed by atoms with van der Waals surface area (Å²) in [5, 5.41) is 12.4. The number of carbonyl (C=O) groups is 1. The van der Waals surface area contributed by atoms with Crippen LogP contribution in [-0.4, -0.2) is 5.91 Å². The van der Waals surface area contributed by atoms with Gasteiger partial charge in [-0.15, -0.1) is 0 Å². The summed E-state index contributed by atoms with van der Waals surface area (Å²) >= 11 is 11.9. The largest absolute Gasteiger partial charge is 0.320 e. The lowest BCUT2D eigenvalue weighted by Crippen LogP contribution is -2.13. The lowest BCUT2D eigenvalue weighted by Gasteiger charge is -2.07. The molecule has 23 heavy (non-hydrogen) atoms. The minimum atomic E-state index is -0.531. The monoisotopic (exact) mass is 344 g/mol. The highest BCUT2D eigenvalue weighted by Gasteiger charge is 2.12. The van der Waals surface area contributed by atoms with Crippen LogP contribution in [0, 0.1) is 11.3 Å². The summed E-state index contributed by atoms with van der Waals surface area (Å²) in [6, 6.07) is 14.5. The first kappa shape index (κ1) is 17.1. The van der Waals surface area contributed by atoms with E-state index in [9.17, 15) is 10.1 Å². The van der Waals surface area contributed by atoms with Crippen molar-refractivity contribution < 1.29 is 4.79 Å². The molecule has 3 nitrogen and oxygen atoms in total. The SMILES string of the molecule is CCc1ccc(/C=C(\C#N)C(=O)Nc2cccc(Cl)c2Cl)cc1. The lowest BCUT2D eigenvalue weighted by atomic mass is 10.1. The van der Waals surface area contributed by atoms with Crippen molar-refractivity contribution in [2.24, 2.45) is 0 Å². The van der Waals surface area contributed by atoms with Crippen molar-refractivity contribution in [1.82, 2.24) is 0 Å². The van der Waals surface area contributed by atoms with E-state index in [0.29, 0.717) is 10.7 Å². The molecule has 0 aliphatic heterocycles. The molecule has 0 bridgehead atoms. The lowest BCUT2D eigenvalue weighted by molar-refractivity contribution is -0.112. The fraction of sp³-hybridized carbons (Fsp3) is 0.111. The maximum atomic E-state index is 12.2. The van der Waals surface area contributed by atoms with Crippen LogP contribution in [0.15, 0.2) is 48.0 Å². The Morgan fingerprint density at radius 1 is 1.22 bits per heavy atom. The van der Waals surface area contributed by atoms with E-state index in [1.165, 1.54) is 11.6 Å². The molecule has 0 unspecified atom stereocenters. The second-order valence-electron chi connectivity index (χ2n) is 4.82. The maximum Gasteiger partial charge on any atom is 0.266 e.